The lowest BCUT2D eigenvalue weighted by Crippen LogP contribution is -2.28. The van der Waals surface area contributed by atoms with Gasteiger partial charge in [-0.2, -0.15) is 0 Å². The Morgan fingerprint density at radius 2 is 2.12 bits per heavy atom. The number of nitrogens with one attached hydrogen (secondary N) is 1. The van der Waals surface area contributed by atoms with Gasteiger partial charge in [-0.25, -0.2) is 0 Å². The molecule has 4 rings (SSSR count). The summed E-state index contributed by atoms with van der Waals surface area (Å²) in [5.41, 5.74) is 2.61. The summed E-state index contributed by atoms with van der Waals surface area (Å²) in [4.78, 5) is 12.4. The number of rotatable bonds is 5. The number of carbonyl (C=O) groups excluding carboxylic acids is 1. The zero-order valence-electron chi connectivity index (χ0n) is 14.9. The maximum atomic E-state index is 12.4. The number of benzene rings is 1. The Balaban J connectivity index is 1.29. The van der Waals surface area contributed by atoms with Gasteiger partial charge < -0.3 is 9.88 Å². The maximum Gasteiger partial charge on any atom is 0.223 e. The van der Waals surface area contributed by atoms with E-state index in [-0.39, 0.29) is 11.8 Å². The molecule has 1 aromatic heterocycles. The fourth-order valence-corrected chi connectivity index (χ4v) is 3.99. The molecule has 0 spiro atoms. The molecule has 132 valence electrons. The Labute approximate surface area is 148 Å². The Morgan fingerprint density at radius 1 is 1.24 bits per heavy atom. The molecule has 1 aliphatic carbocycles. The number of aryl methyl sites for hydroxylation is 2. The van der Waals surface area contributed by atoms with Crippen molar-refractivity contribution < 1.29 is 4.79 Å². The second-order valence-electron chi connectivity index (χ2n) is 7.34. The van der Waals surface area contributed by atoms with Gasteiger partial charge in [0.1, 0.15) is 11.6 Å². The van der Waals surface area contributed by atoms with Crippen molar-refractivity contribution in [3.8, 4) is 0 Å². The van der Waals surface area contributed by atoms with Gasteiger partial charge in [0.25, 0.3) is 0 Å². The number of fused-ring (bicyclic) bond motifs is 1. The van der Waals surface area contributed by atoms with Crippen LogP contribution in [0.1, 0.15) is 54.4 Å². The van der Waals surface area contributed by atoms with E-state index in [1.807, 2.05) is 0 Å². The van der Waals surface area contributed by atoms with E-state index in [4.69, 9.17) is 0 Å². The van der Waals surface area contributed by atoms with Crippen molar-refractivity contribution in [3.05, 3.63) is 47.0 Å². The monoisotopic (exact) mass is 338 g/mol. The lowest BCUT2D eigenvalue weighted by molar-refractivity contribution is -0.122. The van der Waals surface area contributed by atoms with Crippen LogP contribution in [0.2, 0.25) is 0 Å². The molecule has 2 heterocycles. The molecular weight excluding hydrogens is 312 g/mol. The number of aromatic nitrogens is 3. The second-order valence-corrected chi connectivity index (χ2v) is 7.34. The summed E-state index contributed by atoms with van der Waals surface area (Å²) in [6.45, 7) is 3.79. The molecule has 2 aliphatic rings. The minimum atomic E-state index is 0.136. The Bertz CT molecular complexity index is 767. The molecule has 1 aromatic carbocycles. The van der Waals surface area contributed by atoms with E-state index in [9.17, 15) is 4.79 Å². The summed E-state index contributed by atoms with van der Waals surface area (Å²) < 4.78 is 2.26. The lowest BCUT2D eigenvalue weighted by atomic mass is 10.0. The van der Waals surface area contributed by atoms with Crippen LogP contribution in [0, 0.1) is 12.8 Å². The van der Waals surface area contributed by atoms with Gasteiger partial charge in [0.05, 0.1) is 0 Å². The minimum Gasteiger partial charge on any atom is -0.355 e. The van der Waals surface area contributed by atoms with Crippen molar-refractivity contribution >= 4 is 5.91 Å². The van der Waals surface area contributed by atoms with Crippen molar-refractivity contribution in [2.45, 2.75) is 57.9 Å². The summed E-state index contributed by atoms with van der Waals surface area (Å²) in [6.07, 6.45) is 6.43. The Kier molecular flexibility index (Phi) is 4.55. The zero-order chi connectivity index (χ0) is 17.2. The van der Waals surface area contributed by atoms with Crippen molar-refractivity contribution in [2.24, 2.45) is 5.92 Å². The Hall–Kier alpha value is -2.17. The van der Waals surface area contributed by atoms with E-state index >= 15 is 0 Å². The zero-order valence-corrected chi connectivity index (χ0v) is 14.9. The van der Waals surface area contributed by atoms with Gasteiger partial charge in [0.15, 0.2) is 0 Å². The minimum absolute atomic E-state index is 0.136. The predicted octanol–water partition coefficient (Wildman–Crippen LogP) is 2.78. The summed E-state index contributed by atoms with van der Waals surface area (Å²) in [5, 5.41) is 11.8. The molecule has 1 fully saturated rings. The third-order valence-electron chi connectivity index (χ3n) is 5.55. The molecule has 1 N–H and O–H groups in total. The van der Waals surface area contributed by atoms with Crippen molar-refractivity contribution in [2.75, 3.05) is 6.54 Å². The van der Waals surface area contributed by atoms with E-state index in [0.717, 1.165) is 37.5 Å². The van der Waals surface area contributed by atoms with E-state index < -0.39 is 0 Å². The van der Waals surface area contributed by atoms with E-state index in [0.29, 0.717) is 12.5 Å². The second kappa shape index (κ2) is 6.98. The standard InChI is InChI=1S/C20H26N4O/c1-14-7-4-5-8-15(14)16-13-17(16)20(25)21-11-10-19-23-22-18-9-3-2-6-12-24(18)19/h4-5,7-8,16-17H,2-3,6,9-13H2,1H3,(H,21,25)/t16-,17-/m1/s1. The molecule has 2 aromatic rings. The average molecular weight is 338 g/mol. The van der Waals surface area contributed by atoms with Crippen LogP contribution in [0.3, 0.4) is 0 Å². The molecular formula is C20H26N4O. The van der Waals surface area contributed by atoms with Gasteiger partial charge in [0.2, 0.25) is 5.91 Å². The van der Waals surface area contributed by atoms with Gasteiger partial charge in [-0.1, -0.05) is 30.7 Å². The van der Waals surface area contributed by atoms with Gasteiger partial charge in [0, 0.05) is 31.8 Å². The lowest BCUT2D eigenvalue weighted by Gasteiger charge is -2.08. The average Bonchev–Trinajstić information content (AvgIpc) is 3.37. The van der Waals surface area contributed by atoms with E-state index in [1.165, 1.54) is 30.4 Å². The third-order valence-corrected chi connectivity index (χ3v) is 5.55. The van der Waals surface area contributed by atoms with E-state index in [2.05, 4.69) is 51.3 Å². The molecule has 5 heteroatoms. The highest BCUT2D eigenvalue weighted by molar-refractivity contribution is 5.83. The highest BCUT2D eigenvalue weighted by Crippen LogP contribution is 2.48. The molecule has 0 unspecified atom stereocenters. The summed E-state index contributed by atoms with van der Waals surface area (Å²) in [7, 11) is 0. The summed E-state index contributed by atoms with van der Waals surface area (Å²) >= 11 is 0. The molecule has 1 aliphatic heterocycles. The van der Waals surface area contributed by atoms with Crippen LogP contribution in [0.5, 0.6) is 0 Å². The number of hydrogen-bond acceptors (Lipinski definition) is 3. The normalized spacial score (nSPS) is 22.1. The molecule has 1 amide bonds. The molecule has 0 bridgehead atoms. The first kappa shape index (κ1) is 16.3. The number of carbonyl (C=O) groups is 1. The first-order chi connectivity index (χ1) is 12.2. The highest BCUT2D eigenvalue weighted by Gasteiger charge is 2.44. The van der Waals surface area contributed by atoms with Gasteiger partial charge in [-0.15, -0.1) is 10.2 Å². The summed E-state index contributed by atoms with van der Waals surface area (Å²) in [6, 6.07) is 8.39. The molecule has 25 heavy (non-hydrogen) atoms. The molecule has 0 radical (unpaired) electrons. The number of amides is 1. The largest absolute Gasteiger partial charge is 0.355 e. The smallest absolute Gasteiger partial charge is 0.223 e. The predicted molar refractivity (Wildman–Crippen MR) is 96.3 cm³/mol. The van der Waals surface area contributed by atoms with Crippen LogP contribution in [0.4, 0.5) is 0 Å². The van der Waals surface area contributed by atoms with Crippen LogP contribution in [0.15, 0.2) is 24.3 Å². The van der Waals surface area contributed by atoms with Crippen molar-refractivity contribution in [1.82, 2.24) is 20.1 Å². The van der Waals surface area contributed by atoms with Crippen molar-refractivity contribution in [1.29, 1.82) is 0 Å². The molecule has 1 saturated carbocycles. The van der Waals surface area contributed by atoms with Gasteiger partial charge in [-0.3, -0.25) is 4.79 Å². The van der Waals surface area contributed by atoms with Crippen LogP contribution in [-0.4, -0.2) is 27.2 Å². The third kappa shape index (κ3) is 3.46. The van der Waals surface area contributed by atoms with Gasteiger partial charge in [-0.05, 0) is 43.2 Å². The highest BCUT2D eigenvalue weighted by atomic mass is 16.2. The van der Waals surface area contributed by atoms with E-state index in [1.54, 1.807) is 0 Å². The fourth-order valence-electron chi connectivity index (χ4n) is 3.99. The molecule has 2 atom stereocenters. The number of hydrogen-bond donors (Lipinski definition) is 1. The Morgan fingerprint density at radius 3 is 3.00 bits per heavy atom. The van der Waals surface area contributed by atoms with Gasteiger partial charge >= 0.3 is 0 Å². The first-order valence-electron chi connectivity index (χ1n) is 9.48. The first-order valence-corrected chi connectivity index (χ1v) is 9.48. The fraction of sp³-hybridized carbons (Fsp3) is 0.550. The maximum absolute atomic E-state index is 12.4. The van der Waals surface area contributed by atoms with Crippen LogP contribution in [0.25, 0.3) is 0 Å². The molecule has 5 nitrogen and oxygen atoms in total. The van der Waals surface area contributed by atoms with Crippen LogP contribution < -0.4 is 5.32 Å². The number of nitrogens with zero attached hydrogens (tertiary/aromatic N) is 3. The quantitative estimate of drug-likeness (QED) is 0.912. The SMILES string of the molecule is Cc1ccccc1[C@H]1C[C@H]1C(=O)NCCc1nnc2n1CCCCC2. The van der Waals surface area contributed by atoms with Crippen molar-refractivity contribution in [3.63, 3.8) is 0 Å². The molecule has 0 saturated heterocycles. The summed E-state index contributed by atoms with van der Waals surface area (Å²) in [5.74, 6) is 2.84. The topological polar surface area (TPSA) is 59.8 Å². The van der Waals surface area contributed by atoms with Crippen LogP contribution >= 0.6 is 0 Å². The van der Waals surface area contributed by atoms with Crippen LogP contribution in [-0.2, 0) is 24.2 Å².